The monoisotopic (exact) mass is 208 g/mol. The van der Waals surface area contributed by atoms with Crippen molar-refractivity contribution >= 4 is 0 Å². The summed E-state index contributed by atoms with van der Waals surface area (Å²) in [6.45, 7) is 0.657. The summed E-state index contributed by atoms with van der Waals surface area (Å²) in [5.41, 5.74) is 0. The molecule has 0 bridgehead atoms. The zero-order chi connectivity index (χ0) is 10.2. The fourth-order valence-electron chi connectivity index (χ4n) is 1.97. The van der Waals surface area contributed by atoms with Crippen molar-refractivity contribution in [2.24, 2.45) is 0 Å². The highest BCUT2D eigenvalue weighted by Crippen LogP contribution is 2.30. The fraction of sp³-hybridized carbons (Fsp3) is 1.00. The molecule has 1 aliphatic carbocycles. The maximum atomic E-state index is 12.4. The van der Waals surface area contributed by atoms with Crippen molar-refractivity contribution in [2.45, 2.75) is 44.1 Å². The number of nitrogens with one attached hydrogen (secondary N) is 1. The van der Waals surface area contributed by atoms with E-state index in [4.69, 9.17) is 0 Å². The van der Waals surface area contributed by atoms with E-state index in [2.05, 4.69) is 5.32 Å². The van der Waals surface area contributed by atoms with Crippen molar-refractivity contribution in [2.75, 3.05) is 13.1 Å². The van der Waals surface area contributed by atoms with Crippen LogP contribution < -0.4 is 5.32 Å². The van der Waals surface area contributed by atoms with Crippen molar-refractivity contribution in [3.63, 3.8) is 0 Å². The molecule has 1 heterocycles. The van der Waals surface area contributed by atoms with Crippen LogP contribution in [0.2, 0.25) is 0 Å². The quantitative estimate of drug-likeness (QED) is 0.710. The number of nitrogens with zero attached hydrogens (tertiary/aromatic N) is 1. The number of alkyl halides is 3. The minimum absolute atomic E-state index is 0.167. The Balaban J connectivity index is 1.82. The van der Waals surface area contributed by atoms with E-state index in [0.717, 1.165) is 12.8 Å². The Bertz CT molecular complexity index is 201. The van der Waals surface area contributed by atoms with Gasteiger partial charge in [-0.1, -0.05) is 0 Å². The van der Waals surface area contributed by atoms with Gasteiger partial charge in [-0.3, -0.25) is 0 Å². The van der Waals surface area contributed by atoms with Crippen LogP contribution in [0.25, 0.3) is 0 Å². The van der Waals surface area contributed by atoms with Gasteiger partial charge in [-0.15, -0.1) is 0 Å². The van der Waals surface area contributed by atoms with E-state index in [1.807, 2.05) is 0 Å². The maximum absolute atomic E-state index is 12.4. The Morgan fingerprint density at radius 3 is 2.50 bits per heavy atom. The second-order valence-corrected chi connectivity index (χ2v) is 4.14. The third-order valence-corrected chi connectivity index (χ3v) is 2.92. The number of hydrogen-bond donors (Lipinski definition) is 1. The Kier molecular flexibility index (Phi) is 2.70. The highest BCUT2D eigenvalue weighted by molar-refractivity contribution is 4.87. The highest BCUT2D eigenvalue weighted by Gasteiger charge is 2.44. The van der Waals surface area contributed by atoms with E-state index in [0.29, 0.717) is 30.3 Å². The van der Waals surface area contributed by atoms with Crippen molar-refractivity contribution in [1.82, 2.24) is 10.2 Å². The van der Waals surface area contributed by atoms with E-state index in [-0.39, 0.29) is 12.6 Å². The topological polar surface area (TPSA) is 15.3 Å². The van der Waals surface area contributed by atoms with Crippen molar-refractivity contribution in [1.29, 1.82) is 0 Å². The van der Waals surface area contributed by atoms with Crippen molar-refractivity contribution in [3.8, 4) is 0 Å². The van der Waals surface area contributed by atoms with Gasteiger partial charge in [-0.05, 0) is 25.7 Å². The first-order chi connectivity index (χ1) is 6.57. The number of likely N-dealkylation sites (tertiary alicyclic amines) is 1. The van der Waals surface area contributed by atoms with E-state index >= 15 is 0 Å². The average Bonchev–Trinajstić information content (AvgIpc) is 2.77. The molecule has 5 heteroatoms. The molecule has 1 aliphatic heterocycles. The Labute approximate surface area is 81.5 Å². The molecule has 14 heavy (non-hydrogen) atoms. The Morgan fingerprint density at radius 1 is 1.21 bits per heavy atom. The summed E-state index contributed by atoms with van der Waals surface area (Å²) in [4.78, 5) is 0.669. The molecule has 1 N–H and O–H groups in total. The fourth-order valence-corrected chi connectivity index (χ4v) is 1.97. The summed E-state index contributed by atoms with van der Waals surface area (Å²) < 4.78 is 37.3. The lowest BCUT2D eigenvalue weighted by Gasteiger charge is -2.26. The lowest BCUT2D eigenvalue weighted by Crippen LogP contribution is -2.46. The molecule has 0 aromatic heterocycles. The summed E-state index contributed by atoms with van der Waals surface area (Å²) in [6.07, 6.45) is -0.570. The normalized spacial score (nSPS) is 29.8. The van der Waals surface area contributed by atoms with Crippen molar-refractivity contribution in [3.05, 3.63) is 0 Å². The molecule has 0 unspecified atom stereocenters. The molecule has 1 saturated carbocycles. The van der Waals surface area contributed by atoms with E-state index in [1.165, 1.54) is 0 Å². The van der Waals surface area contributed by atoms with Crippen LogP contribution in [0.5, 0.6) is 0 Å². The third kappa shape index (κ3) is 2.39. The zero-order valence-corrected chi connectivity index (χ0v) is 7.98. The molecule has 1 atom stereocenters. The highest BCUT2D eigenvalue weighted by atomic mass is 19.4. The Morgan fingerprint density at radius 2 is 1.93 bits per heavy atom. The molecule has 0 radical (unpaired) electrons. The van der Waals surface area contributed by atoms with Gasteiger partial charge < -0.3 is 5.32 Å². The van der Waals surface area contributed by atoms with Gasteiger partial charge in [-0.2, -0.15) is 13.2 Å². The second-order valence-electron chi connectivity index (χ2n) is 4.14. The molecule has 2 rings (SSSR count). The Hall–Kier alpha value is -0.290. The molecular weight excluding hydrogens is 193 g/mol. The number of halogens is 3. The number of hydrogen-bond acceptors (Lipinski definition) is 2. The van der Waals surface area contributed by atoms with Crippen LogP contribution in [0.3, 0.4) is 0 Å². The smallest absolute Gasteiger partial charge is 0.312 e. The van der Waals surface area contributed by atoms with Crippen LogP contribution in [0, 0.1) is 0 Å². The van der Waals surface area contributed by atoms with Crippen molar-refractivity contribution < 1.29 is 13.2 Å². The lowest BCUT2D eigenvalue weighted by atomic mass is 10.2. The minimum Gasteiger partial charge on any atom is -0.312 e. The van der Waals surface area contributed by atoms with Gasteiger partial charge in [-0.25, -0.2) is 4.90 Å². The molecular formula is C9H15F3N2. The van der Waals surface area contributed by atoms with Gasteiger partial charge in [0.1, 0.15) is 0 Å². The van der Waals surface area contributed by atoms with Crippen LogP contribution >= 0.6 is 0 Å². The summed E-state index contributed by atoms with van der Waals surface area (Å²) >= 11 is 0. The van der Waals surface area contributed by atoms with Crippen LogP contribution in [0.4, 0.5) is 13.2 Å². The second kappa shape index (κ2) is 3.70. The van der Waals surface area contributed by atoms with Gasteiger partial charge in [0.2, 0.25) is 0 Å². The molecule has 0 aromatic rings. The van der Waals surface area contributed by atoms with E-state index in [1.54, 1.807) is 0 Å². The minimum atomic E-state index is -4.15. The summed E-state index contributed by atoms with van der Waals surface area (Å²) in [5, 5.41) is 3.16. The van der Waals surface area contributed by atoms with Gasteiger partial charge in [0, 0.05) is 25.2 Å². The number of rotatable bonds is 3. The van der Waals surface area contributed by atoms with Gasteiger partial charge in [0.25, 0.3) is 0 Å². The molecule has 82 valence electrons. The first-order valence-corrected chi connectivity index (χ1v) is 5.14. The standard InChI is InChI=1S/C9H15F3N2/c10-9(11,12)14-5-1-2-8(14)6-13-7-3-4-7/h7-8,13H,1-6H2/t8-/m1/s1. The van der Waals surface area contributed by atoms with E-state index in [9.17, 15) is 13.2 Å². The molecule has 0 aromatic carbocycles. The lowest BCUT2D eigenvalue weighted by molar-refractivity contribution is -0.249. The SMILES string of the molecule is FC(F)(F)N1CCC[C@@H]1CNC1CC1. The molecule has 2 aliphatic rings. The zero-order valence-electron chi connectivity index (χ0n) is 7.98. The maximum Gasteiger partial charge on any atom is 0.460 e. The molecule has 2 fully saturated rings. The predicted molar refractivity (Wildman–Crippen MR) is 46.8 cm³/mol. The molecule has 1 saturated heterocycles. The average molecular weight is 208 g/mol. The predicted octanol–water partition coefficient (Wildman–Crippen LogP) is 1.72. The van der Waals surface area contributed by atoms with Crippen LogP contribution in [0.1, 0.15) is 25.7 Å². The van der Waals surface area contributed by atoms with Gasteiger partial charge in [0.05, 0.1) is 0 Å². The van der Waals surface area contributed by atoms with Gasteiger partial charge >= 0.3 is 6.30 Å². The molecule has 0 amide bonds. The molecule has 0 spiro atoms. The third-order valence-electron chi connectivity index (χ3n) is 2.92. The molecule has 2 nitrogen and oxygen atoms in total. The van der Waals surface area contributed by atoms with Crippen LogP contribution in [-0.4, -0.2) is 36.4 Å². The summed E-state index contributed by atoms with van der Waals surface area (Å²) in [6, 6.07) is 0.154. The van der Waals surface area contributed by atoms with Crippen LogP contribution in [-0.2, 0) is 0 Å². The van der Waals surface area contributed by atoms with Crippen LogP contribution in [0.15, 0.2) is 0 Å². The summed E-state index contributed by atoms with van der Waals surface area (Å²) in [7, 11) is 0. The summed E-state index contributed by atoms with van der Waals surface area (Å²) in [5.74, 6) is 0. The van der Waals surface area contributed by atoms with E-state index < -0.39 is 6.30 Å². The van der Waals surface area contributed by atoms with Gasteiger partial charge in [0.15, 0.2) is 0 Å². The first kappa shape index (κ1) is 10.2. The largest absolute Gasteiger partial charge is 0.460 e. The first-order valence-electron chi connectivity index (χ1n) is 5.14.